The molecule has 0 aliphatic heterocycles. The molecule has 0 aliphatic carbocycles. The second-order valence-electron chi connectivity index (χ2n) is 14.3. The summed E-state index contributed by atoms with van der Waals surface area (Å²) in [5.74, 6) is 3.07. The van der Waals surface area contributed by atoms with Crippen molar-refractivity contribution >= 4 is 36.8 Å². The van der Waals surface area contributed by atoms with Crippen LogP contribution in [0.1, 0.15) is 89.9 Å². The van der Waals surface area contributed by atoms with Crippen LogP contribution in [0.3, 0.4) is 0 Å². The maximum atomic E-state index is 6.64. The highest BCUT2D eigenvalue weighted by atomic mass is 35.5. The first kappa shape index (κ1) is 39.9. The van der Waals surface area contributed by atoms with Gasteiger partial charge in [-0.15, -0.1) is 11.6 Å². The van der Waals surface area contributed by atoms with E-state index in [1.54, 1.807) is 12.4 Å². The first-order valence-electron chi connectivity index (χ1n) is 17.5. The Morgan fingerprint density at radius 3 is 1.53 bits per heavy atom. The summed E-state index contributed by atoms with van der Waals surface area (Å²) in [6.45, 7) is 17.4. The largest absolute Gasteiger partial charge is 0.494 e. The monoisotopic (exact) mass is 694 g/mol. The van der Waals surface area contributed by atoms with Crippen LogP contribution in [0.25, 0.3) is 11.4 Å². The number of rotatable bonds is 26. The highest BCUT2D eigenvalue weighted by molar-refractivity contribution is 6.87. The molecule has 1 aromatic carbocycles. The zero-order valence-electron chi connectivity index (χ0n) is 29.6. The molecule has 0 fully saturated rings. The third-order valence-corrected chi connectivity index (χ3v) is 18.0. The number of hydrogen-bond donors (Lipinski definition) is 0. The lowest BCUT2D eigenvalue weighted by Crippen LogP contribution is -2.51. The molecule has 0 amide bonds. The average Bonchev–Trinajstić information content (AvgIpc) is 2.96. The van der Waals surface area contributed by atoms with Gasteiger partial charge >= 0.3 is 8.56 Å². The summed E-state index contributed by atoms with van der Waals surface area (Å²) < 4.78 is 24.8. The number of halogens is 1. The molecular formula is C35H63ClN2O4Si3. The second-order valence-corrected chi connectivity index (χ2v) is 27.4. The van der Waals surface area contributed by atoms with Gasteiger partial charge in [0.1, 0.15) is 5.75 Å². The molecule has 10 heteroatoms. The maximum Gasteiger partial charge on any atom is 0.311 e. The summed E-state index contributed by atoms with van der Waals surface area (Å²) in [6, 6.07) is 9.30. The molecule has 0 atom stereocenters. The topological polar surface area (TPSA) is 62.7 Å². The van der Waals surface area contributed by atoms with Crippen molar-refractivity contribution in [2.75, 3.05) is 19.1 Å². The molecule has 256 valence electrons. The zero-order valence-corrected chi connectivity index (χ0v) is 33.4. The molecule has 45 heavy (non-hydrogen) atoms. The first-order valence-corrected chi connectivity index (χ1v) is 27.4. The summed E-state index contributed by atoms with van der Waals surface area (Å²) in [7, 11) is -5.22. The molecular weight excluding hydrogens is 632 g/mol. The van der Waals surface area contributed by atoms with Crippen LogP contribution in [0.4, 0.5) is 0 Å². The molecule has 2 rings (SSSR count). The van der Waals surface area contributed by atoms with E-state index in [-0.39, 0.29) is 0 Å². The molecule has 0 spiro atoms. The Hall–Kier alpha value is -1.24. The number of hydrogen-bond acceptors (Lipinski definition) is 6. The highest BCUT2D eigenvalue weighted by Crippen LogP contribution is 2.25. The van der Waals surface area contributed by atoms with Crippen LogP contribution in [0.15, 0.2) is 36.7 Å². The van der Waals surface area contributed by atoms with Crippen LogP contribution < -0.4 is 9.47 Å². The van der Waals surface area contributed by atoms with Crippen LogP contribution in [0.5, 0.6) is 11.5 Å². The molecule has 0 aliphatic rings. The van der Waals surface area contributed by atoms with Crippen LogP contribution in [-0.2, 0) is 8.23 Å². The smallest absolute Gasteiger partial charge is 0.311 e. The Kier molecular flexibility index (Phi) is 19.2. The summed E-state index contributed by atoms with van der Waals surface area (Å²) in [5.41, 5.74) is 0.977. The van der Waals surface area contributed by atoms with Gasteiger partial charge in [0.15, 0.2) is 28.2 Å². The Bertz CT molecular complexity index is 1030. The number of benzene rings is 1. The molecule has 6 nitrogen and oxygen atoms in total. The Morgan fingerprint density at radius 2 is 1.02 bits per heavy atom. The minimum absolute atomic E-state index is 0.696. The van der Waals surface area contributed by atoms with Gasteiger partial charge in [0.2, 0.25) is 0 Å². The van der Waals surface area contributed by atoms with Crippen LogP contribution in [0.2, 0.25) is 51.9 Å². The van der Waals surface area contributed by atoms with Gasteiger partial charge in [0.25, 0.3) is 0 Å². The minimum atomic E-state index is -2.01. The quantitative estimate of drug-likeness (QED) is 0.0555. The third-order valence-electron chi connectivity index (χ3n) is 7.55. The molecule has 0 radical (unpaired) electrons. The zero-order chi connectivity index (χ0) is 33.0. The maximum absolute atomic E-state index is 6.64. The molecule has 1 aromatic heterocycles. The SMILES string of the molecule is C[Si](C)(C)O[Si](C)(C)O[Si](C)(C)CCCCCCCCCCCOc1ccc(-c2ncc(OCCCCCCCCl)cn2)cc1. The first-order chi connectivity index (χ1) is 21.4. The van der Waals surface area contributed by atoms with E-state index >= 15 is 0 Å². The van der Waals surface area contributed by atoms with E-state index in [0.29, 0.717) is 12.4 Å². The van der Waals surface area contributed by atoms with Gasteiger partial charge in [-0.2, -0.15) is 0 Å². The second kappa shape index (κ2) is 21.6. The van der Waals surface area contributed by atoms with Crippen molar-refractivity contribution in [2.45, 2.75) is 142 Å². The minimum Gasteiger partial charge on any atom is -0.494 e. The molecule has 0 saturated carbocycles. The molecule has 0 unspecified atom stereocenters. The van der Waals surface area contributed by atoms with Crippen molar-refractivity contribution in [1.29, 1.82) is 0 Å². The number of nitrogens with zero attached hydrogens (tertiary/aromatic N) is 2. The lowest BCUT2D eigenvalue weighted by Gasteiger charge is -2.37. The van der Waals surface area contributed by atoms with Gasteiger partial charge in [-0.3, -0.25) is 0 Å². The molecule has 1 heterocycles. The van der Waals surface area contributed by atoms with Gasteiger partial charge < -0.3 is 17.7 Å². The molecule has 0 saturated heterocycles. The lowest BCUT2D eigenvalue weighted by molar-refractivity contribution is 0.302. The fourth-order valence-electron chi connectivity index (χ4n) is 5.71. The summed E-state index contributed by atoms with van der Waals surface area (Å²) in [6.07, 6.45) is 20.8. The van der Waals surface area contributed by atoms with Crippen molar-refractivity contribution in [3.8, 4) is 22.9 Å². The standard InChI is InChI=1S/C35H63ClN2O4Si3/c1-43(2,3)41-45(6,7)42-44(4,5)29-21-17-12-10-8-9-11-15-19-27-39-33-24-22-32(23-25-33)35-37-30-34(31-38-35)40-28-20-16-13-14-18-26-36/h22-25,30-31H,8-21,26-29H2,1-7H3. The molecule has 0 N–H and O–H groups in total. The van der Waals surface area contributed by atoms with Gasteiger partial charge in [-0.05, 0) is 95.4 Å². The summed E-state index contributed by atoms with van der Waals surface area (Å²) in [5, 5.41) is 0. The van der Waals surface area contributed by atoms with E-state index in [4.69, 9.17) is 29.3 Å². The number of alkyl halides is 1. The number of aromatic nitrogens is 2. The van der Waals surface area contributed by atoms with Crippen LogP contribution >= 0.6 is 11.6 Å². The Balaban J connectivity index is 1.48. The predicted molar refractivity (Wildman–Crippen MR) is 199 cm³/mol. The van der Waals surface area contributed by atoms with E-state index in [9.17, 15) is 0 Å². The predicted octanol–water partition coefficient (Wildman–Crippen LogP) is 11.4. The average molecular weight is 696 g/mol. The van der Waals surface area contributed by atoms with Crippen molar-refractivity contribution in [1.82, 2.24) is 9.97 Å². The molecule has 0 bridgehead atoms. The van der Waals surface area contributed by atoms with Crippen molar-refractivity contribution < 1.29 is 17.7 Å². The summed E-state index contributed by atoms with van der Waals surface area (Å²) >= 11 is 5.72. The van der Waals surface area contributed by atoms with E-state index < -0.39 is 25.2 Å². The van der Waals surface area contributed by atoms with Crippen LogP contribution in [-0.4, -0.2) is 54.3 Å². The normalized spacial score (nSPS) is 12.4. The van der Waals surface area contributed by atoms with Gasteiger partial charge in [-0.1, -0.05) is 70.6 Å². The van der Waals surface area contributed by atoms with E-state index in [1.807, 2.05) is 24.3 Å². The van der Waals surface area contributed by atoms with Gasteiger partial charge in [0, 0.05) is 11.4 Å². The fraction of sp³-hybridized carbons (Fsp3) is 0.714. The fourth-order valence-corrected chi connectivity index (χ4v) is 19.2. The third kappa shape index (κ3) is 19.9. The van der Waals surface area contributed by atoms with Crippen LogP contribution in [0, 0.1) is 0 Å². The van der Waals surface area contributed by atoms with E-state index in [2.05, 4.69) is 55.8 Å². The van der Waals surface area contributed by atoms with Crippen molar-refractivity contribution in [3.05, 3.63) is 36.7 Å². The Labute approximate surface area is 283 Å². The molecule has 2 aromatic rings. The number of ether oxygens (including phenoxy) is 2. The summed E-state index contributed by atoms with van der Waals surface area (Å²) in [4.78, 5) is 8.97. The lowest BCUT2D eigenvalue weighted by atomic mass is 10.1. The number of unbranched alkanes of at least 4 members (excludes halogenated alkanes) is 12. The highest BCUT2D eigenvalue weighted by Gasteiger charge is 2.37. The van der Waals surface area contributed by atoms with Gasteiger partial charge in [-0.25, -0.2) is 9.97 Å². The van der Waals surface area contributed by atoms with E-state index in [1.165, 1.54) is 70.3 Å². The van der Waals surface area contributed by atoms with E-state index in [0.717, 1.165) is 55.2 Å². The Morgan fingerprint density at radius 1 is 0.556 bits per heavy atom. The van der Waals surface area contributed by atoms with Crippen molar-refractivity contribution in [2.24, 2.45) is 0 Å². The van der Waals surface area contributed by atoms with Crippen molar-refractivity contribution in [3.63, 3.8) is 0 Å². The van der Waals surface area contributed by atoms with Gasteiger partial charge in [0.05, 0.1) is 25.6 Å².